The van der Waals surface area contributed by atoms with Crippen molar-refractivity contribution in [3.63, 3.8) is 0 Å². The number of hydrogen-bond donors (Lipinski definition) is 11. The first-order chi connectivity index (χ1) is 29.2. The van der Waals surface area contributed by atoms with Gasteiger partial charge in [-0.2, -0.15) is 0 Å². The lowest BCUT2D eigenvalue weighted by molar-refractivity contribution is -0.366. The average molecular weight is 885 g/mol. The summed E-state index contributed by atoms with van der Waals surface area (Å²) in [5, 5.41) is 106. The average Bonchev–Trinajstić information content (AvgIpc) is 3.56. The highest BCUT2D eigenvalue weighted by Gasteiger charge is 2.52. The van der Waals surface area contributed by atoms with Gasteiger partial charge in [0, 0.05) is 32.2 Å². The molecule has 0 unspecified atom stereocenters. The van der Waals surface area contributed by atoms with Gasteiger partial charge in [-0.3, -0.25) is 14.4 Å². The van der Waals surface area contributed by atoms with Crippen LogP contribution in [0.3, 0.4) is 0 Å². The number of unbranched alkanes of at least 4 members (excludes halogenated alkanes) is 9. The Hall–Kier alpha value is -2.56. The molecule has 23 nitrogen and oxygen atoms in total. The van der Waals surface area contributed by atoms with Crippen LogP contribution in [0.1, 0.15) is 89.9 Å². The number of nitrogens with one attached hydrogen (secondary N) is 1. The van der Waals surface area contributed by atoms with Gasteiger partial charge in [-0.1, -0.05) is 51.4 Å². The van der Waals surface area contributed by atoms with Gasteiger partial charge < -0.3 is 89.6 Å². The molecule has 352 valence electrons. The molecule has 3 amide bonds. The predicted molar refractivity (Wildman–Crippen MR) is 201 cm³/mol. The molecule has 11 N–H and O–H groups in total. The lowest BCUT2D eigenvalue weighted by atomic mass is 9.96. The Morgan fingerprint density at radius 1 is 0.574 bits per heavy atom. The second kappa shape index (κ2) is 25.7. The number of hydrogen-bond acceptors (Lipinski definition) is 21. The fourth-order valence-corrected chi connectivity index (χ4v) is 7.30. The summed E-state index contributed by atoms with van der Waals surface area (Å²) in [6, 6.07) is 0. The van der Waals surface area contributed by atoms with Crippen LogP contribution in [0.4, 0.5) is 0 Å². The zero-order chi connectivity index (χ0) is 44.6. The first kappa shape index (κ1) is 51.1. The number of carbonyl (C=O) groups is 4. The summed E-state index contributed by atoms with van der Waals surface area (Å²) in [4.78, 5) is 52.2. The molecule has 4 rings (SSSR count). The number of amides is 3. The van der Waals surface area contributed by atoms with Crippen LogP contribution in [0.5, 0.6) is 0 Å². The molecule has 61 heavy (non-hydrogen) atoms. The van der Waals surface area contributed by atoms with E-state index >= 15 is 0 Å². The van der Waals surface area contributed by atoms with Crippen molar-refractivity contribution in [1.29, 1.82) is 0 Å². The molecule has 0 spiro atoms. The number of carbonyl (C=O) groups excluding carboxylic acids is 4. The Kier molecular flexibility index (Phi) is 21.5. The third-order valence-corrected chi connectivity index (χ3v) is 11.0. The molecule has 0 saturated carbocycles. The lowest BCUT2D eigenvalue weighted by Gasteiger charge is -2.46. The number of rotatable bonds is 25. The van der Waals surface area contributed by atoms with E-state index in [4.69, 9.17) is 33.3 Å². The van der Waals surface area contributed by atoms with Gasteiger partial charge in [-0.25, -0.2) is 4.79 Å². The van der Waals surface area contributed by atoms with Crippen LogP contribution in [0.2, 0.25) is 0 Å². The Morgan fingerprint density at radius 3 is 1.61 bits per heavy atom. The number of aliphatic hydroxyl groups is 10. The minimum Gasteiger partial charge on any atom is -0.394 e. The number of nitrogens with zero attached hydrogens (tertiary/aromatic N) is 1. The van der Waals surface area contributed by atoms with Crippen LogP contribution in [0.25, 0.3) is 0 Å². The van der Waals surface area contributed by atoms with Gasteiger partial charge in [-0.05, 0) is 12.8 Å². The zero-order valence-electron chi connectivity index (χ0n) is 34.0. The Bertz CT molecular complexity index is 1340. The van der Waals surface area contributed by atoms with Crippen molar-refractivity contribution in [2.24, 2.45) is 0 Å². The summed E-state index contributed by atoms with van der Waals surface area (Å²) in [7, 11) is 0. The largest absolute Gasteiger partial charge is 0.394 e. The highest BCUT2D eigenvalue weighted by molar-refractivity contribution is 6.01. The highest BCUT2D eigenvalue weighted by Crippen LogP contribution is 2.31. The van der Waals surface area contributed by atoms with Crippen LogP contribution < -0.4 is 5.32 Å². The molecule has 4 aliphatic heterocycles. The van der Waals surface area contributed by atoms with Crippen molar-refractivity contribution in [3.05, 3.63) is 0 Å². The van der Waals surface area contributed by atoms with Crippen molar-refractivity contribution in [3.8, 4) is 0 Å². The predicted octanol–water partition coefficient (Wildman–Crippen LogP) is -4.14. The Balaban J connectivity index is 1.14. The summed E-state index contributed by atoms with van der Waals surface area (Å²) in [6.45, 7) is -2.32. The monoisotopic (exact) mass is 884 g/mol. The Labute approximate surface area is 352 Å². The van der Waals surface area contributed by atoms with Crippen molar-refractivity contribution in [2.45, 2.75) is 182 Å². The minimum atomic E-state index is -1.89. The number of aliphatic hydroxyl groups excluding tert-OH is 10. The minimum absolute atomic E-state index is 0.00276. The maximum absolute atomic E-state index is 12.5. The molecule has 4 fully saturated rings. The van der Waals surface area contributed by atoms with Crippen molar-refractivity contribution < 1.29 is 104 Å². The number of ether oxygens (including phenoxy) is 6. The van der Waals surface area contributed by atoms with Crippen LogP contribution in [-0.2, 0) is 52.4 Å². The summed E-state index contributed by atoms with van der Waals surface area (Å²) in [5.41, 5.74) is 0. The molecule has 4 aliphatic rings. The molecule has 0 bridgehead atoms. The molecule has 4 saturated heterocycles. The maximum Gasteiger partial charge on any atom is 0.333 e. The second-order valence-corrected chi connectivity index (χ2v) is 15.7. The van der Waals surface area contributed by atoms with Gasteiger partial charge >= 0.3 is 5.97 Å². The van der Waals surface area contributed by atoms with E-state index in [1.54, 1.807) is 0 Å². The third-order valence-electron chi connectivity index (χ3n) is 11.0. The summed E-state index contributed by atoms with van der Waals surface area (Å²) in [6.07, 6.45) is -15.5. The first-order valence-corrected chi connectivity index (χ1v) is 21.0. The zero-order valence-corrected chi connectivity index (χ0v) is 34.0. The molecule has 0 radical (unpaired) electrons. The van der Waals surface area contributed by atoms with Crippen LogP contribution in [0, 0.1) is 0 Å². The quantitative estimate of drug-likeness (QED) is 0.0306. The third kappa shape index (κ3) is 14.7. The van der Waals surface area contributed by atoms with Crippen LogP contribution in [0.15, 0.2) is 0 Å². The maximum atomic E-state index is 12.5. The van der Waals surface area contributed by atoms with Crippen molar-refractivity contribution in [1.82, 2.24) is 10.4 Å². The molecule has 0 aromatic rings. The van der Waals surface area contributed by atoms with E-state index in [-0.39, 0.29) is 44.7 Å². The topological polar surface area (TPSA) is 350 Å². The normalized spacial score (nSPS) is 35.7. The molecule has 0 aromatic carbocycles. The van der Waals surface area contributed by atoms with E-state index in [0.717, 1.165) is 51.4 Å². The van der Waals surface area contributed by atoms with E-state index < -0.39 is 130 Å². The highest BCUT2D eigenvalue weighted by atomic mass is 16.8. The molecule has 15 atom stereocenters. The SMILES string of the molecule is O=C(CCCCCCCCCCCCC(=O)ON1C(=O)CCC1=O)NCCO[C@@H]1O[C@H](CO[C@H]2O[C@H](CO)[C@@H](O)[C@H](O)[C@@H]2O)[C@@H](O)[C@H](O[C@H]2O[C@H](CO)[C@@H](O)[C@H](O)[C@@H]2O)[C@@H]1O. The summed E-state index contributed by atoms with van der Waals surface area (Å²) >= 11 is 0. The van der Waals surface area contributed by atoms with E-state index in [1.807, 2.05) is 0 Å². The van der Waals surface area contributed by atoms with Crippen molar-refractivity contribution >= 4 is 23.7 Å². The summed E-state index contributed by atoms with van der Waals surface area (Å²) < 4.78 is 33.4. The standard InChI is InChI=1S/C38H64N2O21/c41-17-20-27(47)30(50)32(52)36(57-20)56-19-22-29(49)35(60-38-33(53)31(51)28(48)21(18-42)58-38)34(54)37(59-22)55-16-15-39-23(43)11-9-7-5-3-1-2-4-6-8-10-12-26(46)61-40-24(44)13-14-25(40)45/h20-22,27-38,41-42,47-54H,1-19H2,(H,39,43)/t20-,21-,22-,27-,28-,29-,30+,31+,32+,33+,34+,35+,36+,37-,38-/m1/s1. The van der Waals surface area contributed by atoms with E-state index in [0.29, 0.717) is 17.9 Å². The van der Waals surface area contributed by atoms with Crippen LogP contribution >= 0.6 is 0 Å². The van der Waals surface area contributed by atoms with E-state index in [2.05, 4.69) is 5.32 Å². The van der Waals surface area contributed by atoms with Gasteiger partial charge in [0.2, 0.25) is 5.91 Å². The van der Waals surface area contributed by atoms with Gasteiger partial charge in [0.15, 0.2) is 18.9 Å². The number of imide groups is 1. The molecular formula is C38H64N2O21. The van der Waals surface area contributed by atoms with Gasteiger partial charge in [0.1, 0.15) is 73.2 Å². The fourth-order valence-electron chi connectivity index (χ4n) is 7.30. The number of hydroxylamine groups is 2. The lowest BCUT2D eigenvalue weighted by Crippen LogP contribution is -2.65. The molecular weight excluding hydrogens is 820 g/mol. The molecule has 0 aromatic heterocycles. The van der Waals surface area contributed by atoms with Gasteiger partial charge in [0.25, 0.3) is 11.8 Å². The summed E-state index contributed by atoms with van der Waals surface area (Å²) in [5.74, 6) is -1.81. The van der Waals surface area contributed by atoms with E-state index in [9.17, 15) is 70.2 Å². The van der Waals surface area contributed by atoms with E-state index in [1.165, 1.54) is 0 Å². The second-order valence-electron chi connectivity index (χ2n) is 15.7. The van der Waals surface area contributed by atoms with Gasteiger partial charge in [-0.15, -0.1) is 5.06 Å². The fraction of sp³-hybridized carbons (Fsp3) is 0.895. The van der Waals surface area contributed by atoms with Crippen molar-refractivity contribution in [2.75, 3.05) is 33.0 Å². The first-order valence-electron chi connectivity index (χ1n) is 21.0. The molecule has 4 heterocycles. The molecule has 0 aliphatic carbocycles. The van der Waals surface area contributed by atoms with Gasteiger partial charge in [0.05, 0.1) is 26.4 Å². The Morgan fingerprint density at radius 2 is 1.05 bits per heavy atom. The molecule has 23 heteroatoms. The smallest absolute Gasteiger partial charge is 0.333 e. The van der Waals surface area contributed by atoms with Crippen LogP contribution in [-0.4, -0.2) is 205 Å².